The van der Waals surface area contributed by atoms with Crippen molar-refractivity contribution in [2.75, 3.05) is 13.1 Å². The molecular weight excluding hydrogens is 278 g/mol. The fourth-order valence-corrected chi connectivity index (χ4v) is 3.97. The van der Waals surface area contributed by atoms with E-state index in [9.17, 15) is 0 Å². The number of rotatable bonds is 4. The second-order valence-electron chi connectivity index (χ2n) is 6.08. The van der Waals surface area contributed by atoms with Crippen molar-refractivity contribution in [3.8, 4) is 0 Å². The van der Waals surface area contributed by atoms with Crippen LogP contribution in [0.15, 0.2) is 23.7 Å². The lowest BCUT2D eigenvalue weighted by Crippen LogP contribution is -2.35. The van der Waals surface area contributed by atoms with Gasteiger partial charge in [-0.05, 0) is 57.7 Å². The van der Waals surface area contributed by atoms with E-state index < -0.39 is 0 Å². The van der Waals surface area contributed by atoms with Crippen LogP contribution in [-0.4, -0.2) is 28.0 Å². The van der Waals surface area contributed by atoms with Crippen molar-refractivity contribution in [1.82, 2.24) is 14.9 Å². The zero-order valence-electron chi connectivity index (χ0n) is 12.9. The Hall–Kier alpha value is -1.26. The van der Waals surface area contributed by atoms with Crippen molar-refractivity contribution >= 4 is 11.3 Å². The number of pyridine rings is 1. The first-order valence-corrected chi connectivity index (χ1v) is 8.62. The van der Waals surface area contributed by atoms with Crippen LogP contribution in [0.1, 0.15) is 34.8 Å². The Labute approximate surface area is 131 Å². The highest BCUT2D eigenvalue weighted by Crippen LogP contribution is 2.23. The molecule has 2 aromatic heterocycles. The van der Waals surface area contributed by atoms with E-state index in [1.165, 1.54) is 42.2 Å². The summed E-state index contributed by atoms with van der Waals surface area (Å²) in [5.41, 5.74) is 5.53. The number of hydrogen-bond acceptors (Lipinski definition) is 4. The van der Waals surface area contributed by atoms with E-state index in [-0.39, 0.29) is 0 Å². The monoisotopic (exact) mass is 301 g/mol. The zero-order chi connectivity index (χ0) is 14.7. The van der Waals surface area contributed by atoms with Crippen LogP contribution in [-0.2, 0) is 13.0 Å². The molecule has 1 fully saturated rings. The van der Waals surface area contributed by atoms with Gasteiger partial charge in [-0.1, -0.05) is 6.07 Å². The maximum atomic E-state index is 4.66. The normalized spacial score (nSPS) is 19.8. The largest absolute Gasteiger partial charge is 0.298 e. The van der Waals surface area contributed by atoms with Crippen LogP contribution >= 0.6 is 11.3 Å². The standard InChI is InChI=1S/C17H23N3S/c1-13-5-3-7-16(19-13)9-15-6-4-8-20(10-15)11-17-14(2)18-12-21-17/h3,5,7,12,15H,4,6,8-11H2,1-2H3. The van der Waals surface area contributed by atoms with Crippen molar-refractivity contribution in [3.63, 3.8) is 0 Å². The summed E-state index contributed by atoms with van der Waals surface area (Å²) in [7, 11) is 0. The van der Waals surface area contributed by atoms with Gasteiger partial charge in [0.15, 0.2) is 0 Å². The molecule has 3 heterocycles. The van der Waals surface area contributed by atoms with Gasteiger partial charge >= 0.3 is 0 Å². The molecule has 3 nitrogen and oxygen atoms in total. The molecule has 21 heavy (non-hydrogen) atoms. The van der Waals surface area contributed by atoms with Gasteiger partial charge in [-0.3, -0.25) is 9.88 Å². The molecule has 1 atom stereocenters. The highest BCUT2D eigenvalue weighted by Gasteiger charge is 2.21. The maximum Gasteiger partial charge on any atom is 0.0798 e. The van der Waals surface area contributed by atoms with Gasteiger partial charge in [-0.15, -0.1) is 11.3 Å². The number of thiazole rings is 1. The van der Waals surface area contributed by atoms with Crippen LogP contribution in [0.5, 0.6) is 0 Å². The van der Waals surface area contributed by atoms with E-state index in [0.717, 1.165) is 24.6 Å². The average molecular weight is 301 g/mol. The summed E-state index contributed by atoms with van der Waals surface area (Å²) in [5, 5.41) is 0. The topological polar surface area (TPSA) is 29.0 Å². The van der Waals surface area contributed by atoms with Crippen molar-refractivity contribution in [2.24, 2.45) is 5.92 Å². The van der Waals surface area contributed by atoms with Crippen molar-refractivity contribution in [1.29, 1.82) is 0 Å². The molecule has 3 rings (SSSR count). The van der Waals surface area contributed by atoms with Gasteiger partial charge in [0.1, 0.15) is 0 Å². The minimum Gasteiger partial charge on any atom is -0.298 e. The number of nitrogens with zero attached hydrogens (tertiary/aromatic N) is 3. The molecule has 0 N–H and O–H groups in total. The molecule has 1 unspecified atom stereocenters. The number of likely N-dealkylation sites (tertiary alicyclic amines) is 1. The summed E-state index contributed by atoms with van der Waals surface area (Å²) < 4.78 is 0. The molecule has 1 aliphatic heterocycles. The van der Waals surface area contributed by atoms with E-state index in [4.69, 9.17) is 0 Å². The number of piperidine rings is 1. The van der Waals surface area contributed by atoms with Gasteiger partial charge in [-0.2, -0.15) is 0 Å². The molecule has 0 bridgehead atoms. The summed E-state index contributed by atoms with van der Waals surface area (Å²) in [6, 6.07) is 6.36. The van der Waals surface area contributed by atoms with Crippen LogP contribution in [0.3, 0.4) is 0 Å². The molecular formula is C17H23N3S. The summed E-state index contributed by atoms with van der Waals surface area (Å²) in [5.74, 6) is 0.737. The van der Waals surface area contributed by atoms with Crippen molar-refractivity contribution in [3.05, 3.63) is 45.7 Å². The molecule has 1 aliphatic rings. The molecule has 4 heteroatoms. The fourth-order valence-electron chi connectivity index (χ4n) is 3.15. The van der Waals surface area contributed by atoms with Crippen LogP contribution < -0.4 is 0 Å². The Kier molecular flexibility index (Phi) is 4.66. The molecule has 0 aliphatic carbocycles. The third-order valence-corrected chi connectivity index (χ3v) is 5.18. The quantitative estimate of drug-likeness (QED) is 0.864. The average Bonchev–Trinajstić information content (AvgIpc) is 2.85. The lowest BCUT2D eigenvalue weighted by molar-refractivity contribution is 0.167. The summed E-state index contributed by atoms with van der Waals surface area (Å²) >= 11 is 1.79. The van der Waals surface area contributed by atoms with Gasteiger partial charge in [0, 0.05) is 29.4 Å². The van der Waals surface area contributed by atoms with Gasteiger partial charge in [0.25, 0.3) is 0 Å². The van der Waals surface area contributed by atoms with Crippen molar-refractivity contribution < 1.29 is 0 Å². The Bertz CT molecular complexity index is 593. The van der Waals surface area contributed by atoms with Crippen LogP contribution in [0.2, 0.25) is 0 Å². The van der Waals surface area contributed by atoms with Gasteiger partial charge in [0.05, 0.1) is 11.2 Å². The third-order valence-electron chi connectivity index (χ3n) is 4.26. The first-order valence-electron chi connectivity index (χ1n) is 7.74. The number of hydrogen-bond donors (Lipinski definition) is 0. The molecule has 112 valence electrons. The molecule has 0 radical (unpaired) electrons. The first kappa shape index (κ1) is 14.7. The summed E-state index contributed by atoms with van der Waals surface area (Å²) in [6.45, 7) is 7.66. The number of aromatic nitrogens is 2. The SMILES string of the molecule is Cc1cccc(CC2CCCN(Cc3scnc3C)C2)n1. The number of aryl methyl sites for hydroxylation is 2. The van der Waals surface area contributed by atoms with Gasteiger partial charge < -0.3 is 0 Å². The molecule has 0 aromatic carbocycles. The molecule has 0 spiro atoms. The van der Waals surface area contributed by atoms with Crippen LogP contribution in [0.25, 0.3) is 0 Å². The third kappa shape index (κ3) is 3.89. The smallest absolute Gasteiger partial charge is 0.0798 e. The summed E-state index contributed by atoms with van der Waals surface area (Å²) in [6.07, 6.45) is 3.74. The summed E-state index contributed by atoms with van der Waals surface area (Å²) in [4.78, 5) is 13.0. The predicted octanol–water partition coefficient (Wildman–Crippen LogP) is 3.61. The molecule has 0 amide bonds. The zero-order valence-corrected chi connectivity index (χ0v) is 13.7. The van der Waals surface area contributed by atoms with Gasteiger partial charge in [0.2, 0.25) is 0 Å². The highest BCUT2D eigenvalue weighted by atomic mass is 32.1. The lowest BCUT2D eigenvalue weighted by Gasteiger charge is -2.32. The van der Waals surface area contributed by atoms with E-state index in [0.29, 0.717) is 0 Å². The second-order valence-corrected chi connectivity index (χ2v) is 7.02. The van der Waals surface area contributed by atoms with Crippen LogP contribution in [0, 0.1) is 19.8 Å². The van der Waals surface area contributed by atoms with E-state index in [1.54, 1.807) is 11.3 Å². The molecule has 0 saturated carbocycles. The van der Waals surface area contributed by atoms with E-state index in [1.807, 2.05) is 5.51 Å². The van der Waals surface area contributed by atoms with E-state index in [2.05, 4.69) is 46.9 Å². The molecule has 1 saturated heterocycles. The fraction of sp³-hybridized carbons (Fsp3) is 0.529. The Morgan fingerprint density at radius 2 is 2.24 bits per heavy atom. The van der Waals surface area contributed by atoms with Crippen LogP contribution in [0.4, 0.5) is 0 Å². The predicted molar refractivity (Wildman–Crippen MR) is 87.5 cm³/mol. The minimum absolute atomic E-state index is 0.737. The highest BCUT2D eigenvalue weighted by molar-refractivity contribution is 7.09. The lowest BCUT2D eigenvalue weighted by atomic mass is 9.93. The Balaban J connectivity index is 1.59. The minimum atomic E-state index is 0.737. The second kappa shape index (κ2) is 6.67. The molecule has 2 aromatic rings. The van der Waals surface area contributed by atoms with E-state index >= 15 is 0 Å². The maximum absolute atomic E-state index is 4.66. The first-order chi connectivity index (χ1) is 10.2. The Morgan fingerprint density at radius 1 is 1.33 bits per heavy atom. The van der Waals surface area contributed by atoms with Crippen molar-refractivity contribution in [2.45, 2.75) is 39.7 Å². The Morgan fingerprint density at radius 3 is 3.00 bits per heavy atom. The van der Waals surface area contributed by atoms with Gasteiger partial charge in [-0.25, -0.2) is 4.98 Å².